The van der Waals surface area contributed by atoms with Crippen LogP contribution in [0.1, 0.15) is 41.0 Å². The lowest BCUT2D eigenvalue weighted by Crippen LogP contribution is -2.30. The Balaban J connectivity index is 1.99. The average Bonchev–Trinajstić information content (AvgIpc) is 2.71. The normalized spacial score (nSPS) is 14.2. The number of aromatic nitrogens is 1. The SMILES string of the molecule is Cc1nc(C)c(C(C)NC(C)Cc2ccccc2F)s1. The van der Waals surface area contributed by atoms with Gasteiger partial charge >= 0.3 is 0 Å². The summed E-state index contributed by atoms with van der Waals surface area (Å²) in [4.78, 5) is 5.72. The van der Waals surface area contributed by atoms with Gasteiger partial charge in [-0.2, -0.15) is 0 Å². The van der Waals surface area contributed by atoms with Crippen molar-refractivity contribution in [2.75, 3.05) is 0 Å². The fourth-order valence-corrected chi connectivity index (χ4v) is 3.44. The lowest BCUT2D eigenvalue weighted by molar-refractivity contribution is 0.472. The number of rotatable bonds is 5. The van der Waals surface area contributed by atoms with Crippen molar-refractivity contribution < 1.29 is 4.39 Å². The smallest absolute Gasteiger partial charge is 0.126 e. The standard InChI is InChI=1S/C16H21FN2S/c1-10(9-14-7-5-6-8-15(14)17)18-11(2)16-12(3)19-13(4)20-16/h5-8,10-11,18H,9H2,1-4H3. The first kappa shape index (κ1) is 15.1. The molecule has 2 rings (SSSR count). The van der Waals surface area contributed by atoms with E-state index >= 15 is 0 Å². The monoisotopic (exact) mass is 292 g/mol. The van der Waals surface area contributed by atoms with Gasteiger partial charge in [0.1, 0.15) is 5.82 Å². The van der Waals surface area contributed by atoms with Gasteiger partial charge in [-0.15, -0.1) is 11.3 Å². The molecule has 0 aliphatic carbocycles. The van der Waals surface area contributed by atoms with Gasteiger partial charge in [0.2, 0.25) is 0 Å². The zero-order valence-electron chi connectivity index (χ0n) is 12.4. The zero-order valence-corrected chi connectivity index (χ0v) is 13.2. The van der Waals surface area contributed by atoms with Crippen molar-refractivity contribution in [3.8, 4) is 0 Å². The Morgan fingerprint density at radius 1 is 1.25 bits per heavy atom. The van der Waals surface area contributed by atoms with E-state index in [1.54, 1.807) is 17.4 Å². The Kier molecular flexibility index (Phi) is 4.89. The molecular formula is C16H21FN2S. The molecule has 0 aliphatic heterocycles. The molecule has 1 heterocycles. The van der Waals surface area contributed by atoms with Crippen LogP contribution in [0.15, 0.2) is 24.3 Å². The predicted octanol–water partition coefficient (Wildman–Crippen LogP) is 4.18. The Bertz CT molecular complexity index is 580. The Morgan fingerprint density at radius 2 is 1.95 bits per heavy atom. The van der Waals surface area contributed by atoms with E-state index in [9.17, 15) is 4.39 Å². The maximum Gasteiger partial charge on any atom is 0.126 e. The highest BCUT2D eigenvalue weighted by atomic mass is 32.1. The highest BCUT2D eigenvalue weighted by molar-refractivity contribution is 7.11. The van der Waals surface area contributed by atoms with Crippen LogP contribution in [-0.4, -0.2) is 11.0 Å². The number of nitrogens with zero attached hydrogens (tertiary/aromatic N) is 1. The molecule has 4 heteroatoms. The van der Waals surface area contributed by atoms with Gasteiger partial charge in [0.05, 0.1) is 10.7 Å². The highest BCUT2D eigenvalue weighted by Gasteiger charge is 2.16. The molecule has 2 atom stereocenters. The number of benzene rings is 1. The first-order valence-electron chi connectivity index (χ1n) is 6.90. The Labute approximate surface area is 124 Å². The third kappa shape index (κ3) is 3.64. The molecule has 0 spiro atoms. The minimum atomic E-state index is -0.126. The first-order chi connectivity index (χ1) is 9.47. The van der Waals surface area contributed by atoms with Crippen LogP contribution in [0.3, 0.4) is 0 Å². The lowest BCUT2D eigenvalue weighted by Gasteiger charge is -2.20. The van der Waals surface area contributed by atoms with Gasteiger partial charge in [0.25, 0.3) is 0 Å². The lowest BCUT2D eigenvalue weighted by atomic mass is 10.1. The summed E-state index contributed by atoms with van der Waals surface area (Å²) in [6, 6.07) is 7.42. The van der Waals surface area contributed by atoms with Crippen LogP contribution in [0.5, 0.6) is 0 Å². The molecule has 20 heavy (non-hydrogen) atoms. The summed E-state index contributed by atoms with van der Waals surface area (Å²) in [6.45, 7) is 8.29. The molecule has 1 aromatic carbocycles. The van der Waals surface area contributed by atoms with Gasteiger partial charge in [-0.3, -0.25) is 0 Å². The molecule has 0 saturated heterocycles. The van der Waals surface area contributed by atoms with E-state index in [1.807, 2.05) is 26.0 Å². The molecule has 0 radical (unpaired) electrons. The molecule has 2 nitrogen and oxygen atoms in total. The van der Waals surface area contributed by atoms with Crippen LogP contribution in [0.25, 0.3) is 0 Å². The van der Waals surface area contributed by atoms with E-state index in [0.717, 1.165) is 16.3 Å². The fraction of sp³-hybridized carbons (Fsp3) is 0.438. The second kappa shape index (κ2) is 6.46. The Morgan fingerprint density at radius 3 is 2.55 bits per heavy atom. The average molecular weight is 292 g/mol. The maximum atomic E-state index is 13.6. The number of hydrogen-bond donors (Lipinski definition) is 1. The molecule has 1 N–H and O–H groups in total. The summed E-state index contributed by atoms with van der Waals surface area (Å²) >= 11 is 1.73. The topological polar surface area (TPSA) is 24.9 Å². The van der Waals surface area contributed by atoms with Crippen molar-refractivity contribution in [1.82, 2.24) is 10.3 Å². The van der Waals surface area contributed by atoms with Crippen LogP contribution in [-0.2, 0) is 6.42 Å². The summed E-state index contributed by atoms with van der Waals surface area (Å²) in [6.07, 6.45) is 0.688. The molecule has 2 unspecified atom stereocenters. The quantitative estimate of drug-likeness (QED) is 0.894. The van der Waals surface area contributed by atoms with Crippen molar-refractivity contribution in [2.45, 2.75) is 46.2 Å². The zero-order chi connectivity index (χ0) is 14.7. The summed E-state index contributed by atoms with van der Waals surface area (Å²) < 4.78 is 13.6. The van der Waals surface area contributed by atoms with Gasteiger partial charge in [0, 0.05) is 17.0 Å². The largest absolute Gasteiger partial charge is 0.307 e. The van der Waals surface area contributed by atoms with E-state index in [1.165, 1.54) is 10.9 Å². The van der Waals surface area contributed by atoms with E-state index in [2.05, 4.69) is 24.1 Å². The van der Waals surface area contributed by atoms with E-state index in [4.69, 9.17) is 0 Å². The molecule has 108 valence electrons. The number of hydrogen-bond acceptors (Lipinski definition) is 3. The van der Waals surface area contributed by atoms with Crippen LogP contribution in [0.2, 0.25) is 0 Å². The van der Waals surface area contributed by atoms with Gasteiger partial charge in [-0.25, -0.2) is 9.37 Å². The van der Waals surface area contributed by atoms with Crippen molar-refractivity contribution in [1.29, 1.82) is 0 Å². The molecule has 0 saturated carbocycles. The first-order valence-corrected chi connectivity index (χ1v) is 7.72. The maximum absolute atomic E-state index is 13.6. The van der Waals surface area contributed by atoms with Crippen molar-refractivity contribution in [3.05, 3.63) is 51.2 Å². The predicted molar refractivity (Wildman–Crippen MR) is 82.7 cm³/mol. The van der Waals surface area contributed by atoms with E-state index in [-0.39, 0.29) is 17.9 Å². The van der Waals surface area contributed by atoms with Gasteiger partial charge in [0.15, 0.2) is 0 Å². The van der Waals surface area contributed by atoms with Crippen molar-refractivity contribution in [3.63, 3.8) is 0 Å². The minimum Gasteiger partial charge on any atom is -0.307 e. The molecular weight excluding hydrogens is 271 g/mol. The number of nitrogens with one attached hydrogen (secondary N) is 1. The van der Waals surface area contributed by atoms with Gasteiger partial charge in [-0.1, -0.05) is 18.2 Å². The van der Waals surface area contributed by atoms with E-state index in [0.29, 0.717) is 6.42 Å². The summed E-state index contributed by atoms with van der Waals surface area (Å²) in [7, 11) is 0. The van der Waals surface area contributed by atoms with Crippen LogP contribution >= 0.6 is 11.3 Å². The number of halogens is 1. The molecule has 0 amide bonds. The minimum absolute atomic E-state index is 0.126. The summed E-state index contributed by atoms with van der Waals surface area (Å²) in [5.74, 6) is -0.126. The van der Waals surface area contributed by atoms with Crippen LogP contribution < -0.4 is 5.32 Å². The molecule has 0 fully saturated rings. The highest BCUT2D eigenvalue weighted by Crippen LogP contribution is 2.25. The second-order valence-electron chi connectivity index (χ2n) is 5.27. The third-order valence-electron chi connectivity index (χ3n) is 3.35. The van der Waals surface area contributed by atoms with Crippen molar-refractivity contribution in [2.24, 2.45) is 0 Å². The molecule has 0 aliphatic rings. The Hall–Kier alpha value is -1.26. The molecule has 1 aromatic heterocycles. The third-order valence-corrected chi connectivity index (χ3v) is 4.61. The van der Waals surface area contributed by atoms with Gasteiger partial charge in [-0.05, 0) is 45.7 Å². The fourth-order valence-electron chi connectivity index (χ4n) is 2.50. The van der Waals surface area contributed by atoms with Crippen molar-refractivity contribution >= 4 is 11.3 Å². The number of aryl methyl sites for hydroxylation is 2. The van der Waals surface area contributed by atoms with E-state index < -0.39 is 0 Å². The summed E-state index contributed by atoms with van der Waals surface area (Å²) in [5, 5.41) is 4.62. The molecule has 0 bridgehead atoms. The van der Waals surface area contributed by atoms with Crippen LogP contribution in [0.4, 0.5) is 4.39 Å². The summed E-state index contributed by atoms with van der Waals surface area (Å²) in [5.41, 5.74) is 1.85. The van der Waals surface area contributed by atoms with Gasteiger partial charge < -0.3 is 5.32 Å². The van der Waals surface area contributed by atoms with Crippen LogP contribution in [0, 0.1) is 19.7 Å². The second-order valence-corrected chi connectivity index (χ2v) is 6.50. The molecule has 2 aromatic rings. The number of thiazole rings is 1.